The molecule has 1 aromatic rings. The Kier molecular flexibility index (Phi) is 5.05. The lowest BCUT2D eigenvalue weighted by molar-refractivity contribution is 0.347. The Balaban J connectivity index is 2.31. The molecule has 1 aliphatic heterocycles. The molecule has 0 amide bonds. The maximum atomic E-state index is 12.6. The van der Waals surface area contributed by atoms with E-state index in [9.17, 15) is 8.42 Å². The minimum absolute atomic E-state index is 0.334. The molecule has 1 saturated heterocycles. The molecule has 0 aliphatic carbocycles. The van der Waals surface area contributed by atoms with Crippen LogP contribution in [0.1, 0.15) is 6.42 Å². The largest absolute Gasteiger partial charge is 0.305 e. The summed E-state index contributed by atoms with van der Waals surface area (Å²) in [7, 11) is -1.40. The van der Waals surface area contributed by atoms with Crippen LogP contribution in [0.4, 0.5) is 0 Å². The topological polar surface area (TPSA) is 40.6 Å². The normalized spacial score (nSPS) is 19.3. The molecule has 0 bridgehead atoms. The van der Waals surface area contributed by atoms with Crippen molar-refractivity contribution < 1.29 is 8.42 Å². The van der Waals surface area contributed by atoms with Gasteiger partial charge in [0.15, 0.2) is 0 Å². The average molecular weight is 412 g/mol. The molecule has 0 spiro atoms. The van der Waals surface area contributed by atoms with Crippen molar-refractivity contribution in [2.75, 3.05) is 33.2 Å². The molecule has 0 unspecified atom stereocenters. The molecule has 7 heteroatoms. The second kappa shape index (κ2) is 6.22. The lowest BCUT2D eigenvalue weighted by Gasteiger charge is -2.21. The molecule has 0 radical (unpaired) electrons. The first-order chi connectivity index (χ1) is 8.91. The Morgan fingerprint density at radius 1 is 1.11 bits per heavy atom. The van der Waals surface area contributed by atoms with Gasteiger partial charge in [-0.3, -0.25) is 0 Å². The highest BCUT2D eigenvalue weighted by Gasteiger charge is 2.27. The van der Waals surface area contributed by atoms with Gasteiger partial charge in [-0.05, 0) is 54.1 Å². The molecular formula is C12H16Br2N2O2S. The number of benzene rings is 1. The summed E-state index contributed by atoms with van der Waals surface area (Å²) in [5.74, 6) is 0. The van der Waals surface area contributed by atoms with Gasteiger partial charge in [0.1, 0.15) is 0 Å². The molecular weight excluding hydrogens is 396 g/mol. The van der Waals surface area contributed by atoms with E-state index in [0.29, 0.717) is 22.5 Å². The Labute approximate surface area is 131 Å². The molecule has 19 heavy (non-hydrogen) atoms. The first-order valence-electron chi connectivity index (χ1n) is 6.05. The Morgan fingerprint density at radius 2 is 1.84 bits per heavy atom. The maximum Gasteiger partial charge on any atom is 0.244 e. The zero-order valence-corrected chi connectivity index (χ0v) is 14.6. The number of likely N-dealkylation sites (N-methyl/N-ethyl adjacent to an activating group) is 1. The van der Waals surface area contributed by atoms with E-state index in [2.05, 4.69) is 36.8 Å². The summed E-state index contributed by atoms with van der Waals surface area (Å²) >= 11 is 6.67. The van der Waals surface area contributed by atoms with Crippen molar-refractivity contribution in [2.45, 2.75) is 11.3 Å². The highest BCUT2D eigenvalue weighted by atomic mass is 79.9. The lowest BCUT2D eigenvalue weighted by atomic mass is 10.4. The SMILES string of the molecule is CN1CCCN(S(=O)(=O)c2ccc(Br)cc2Br)CC1. The zero-order valence-electron chi connectivity index (χ0n) is 10.6. The number of nitrogens with zero attached hydrogens (tertiary/aromatic N) is 2. The van der Waals surface area contributed by atoms with Gasteiger partial charge in [0, 0.05) is 28.6 Å². The van der Waals surface area contributed by atoms with Gasteiger partial charge in [-0.2, -0.15) is 4.31 Å². The molecule has 1 aliphatic rings. The fraction of sp³-hybridized carbons (Fsp3) is 0.500. The molecule has 2 rings (SSSR count). The van der Waals surface area contributed by atoms with E-state index in [1.807, 2.05) is 7.05 Å². The summed E-state index contributed by atoms with van der Waals surface area (Å²) in [4.78, 5) is 2.49. The van der Waals surface area contributed by atoms with Gasteiger partial charge < -0.3 is 4.90 Å². The number of hydrogen-bond donors (Lipinski definition) is 0. The van der Waals surface area contributed by atoms with Crippen LogP contribution in [0.5, 0.6) is 0 Å². The van der Waals surface area contributed by atoms with E-state index < -0.39 is 10.0 Å². The van der Waals surface area contributed by atoms with Crippen molar-refractivity contribution in [1.29, 1.82) is 0 Å². The smallest absolute Gasteiger partial charge is 0.244 e. The van der Waals surface area contributed by atoms with Crippen LogP contribution in [0, 0.1) is 0 Å². The average Bonchev–Trinajstić information content (AvgIpc) is 2.53. The van der Waals surface area contributed by atoms with Gasteiger partial charge in [0.2, 0.25) is 10.0 Å². The van der Waals surface area contributed by atoms with Gasteiger partial charge >= 0.3 is 0 Å². The molecule has 1 heterocycles. The molecule has 1 aromatic carbocycles. The van der Waals surface area contributed by atoms with Crippen molar-refractivity contribution in [3.05, 3.63) is 27.1 Å². The van der Waals surface area contributed by atoms with E-state index in [0.717, 1.165) is 24.0 Å². The van der Waals surface area contributed by atoms with Crippen LogP contribution in [0.3, 0.4) is 0 Å². The van der Waals surface area contributed by atoms with E-state index in [-0.39, 0.29) is 0 Å². The van der Waals surface area contributed by atoms with Crippen LogP contribution in [0.15, 0.2) is 32.0 Å². The lowest BCUT2D eigenvalue weighted by Crippen LogP contribution is -2.34. The molecule has 0 N–H and O–H groups in total. The fourth-order valence-corrected chi connectivity index (χ4v) is 5.26. The highest BCUT2D eigenvalue weighted by Crippen LogP contribution is 2.28. The summed E-state index contributed by atoms with van der Waals surface area (Å²) < 4.78 is 28.3. The predicted octanol–water partition coefficient (Wildman–Crippen LogP) is 2.54. The van der Waals surface area contributed by atoms with Crippen LogP contribution in [0.25, 0.3) is 0 Å². The number of halogens is 2. The first kappa shape index (κ1) is 15.4. The standard InChI is InChI=1S/C12H16Br2N2O2S/c1-15-5-2-6-16(8-7-15)19(17,18)12-4-3-10(13)9-11(12)14/h3-4,9H,2,5-8H2,1H3. The van der Waals surface area contributed by atoms with Crippen LogP contribution in [0.2, 0.25) is 0 Å². The van der Waals surface area contributed by atoms with E-state index >= 15 is 0 Å². The molecule has 0 saturated carbocycles. The molecule has 1 fully saturated rings. The third-order valence-electron chi connectivity index (χ3n) is 3.19. The third kappa shape index (κ3) is 3.58. The fourth-order valence-electron chi connectivity index (χ4n) is 2.09. The first-order valence-corrected chi connectivity index (χ1v) is 9.07. The monoisotopic (exact) mass is 410 g/mol. The van der Waals surface area contributed by atoms with Crippen molar-refractivity contribution in [3.8, 4) is 0 Å². The number of rotatable bonds is 2. The van der Waals surface area contributed by atoms with Gasteiger partial charge in [0.25, 0.3) is 0 Å². The second-order valence-corrected chi connectivity index (χ2v) is 8.31. The van der Waals surface area contributed by atoms with E-state index in [1.165, 1.54) is 0 Å². The van der Waals surface area contributed by atoms with Crippen LogP contribution in [-0.2, 0) is 10.0 Å². The van der Waals surface area contributed by atoms with Crippen molar-refractivity contribution in [1.82, 2.24) is 9.21 Å². The molecule has 106 valence electrons. The summed E-state index contributed by atoms with van der Waals surface area (Å²) in [5, 5.41) is 0. The summed E-state index contributed by atoms with van der Waals surface area (Å²) in [5.41, 5.74) is 0. The van der Waals surface area contributed by atoms with Crippen LogP contribution in [-0.4, -0.2) is 50.8 Å². The maximum absolute atomic E-state index is 12.6. The molecule has 4 nitrogen and oxygen atoms in total. The van der Waals surface area contributed by atoms with Crippen molar-refractivity contribution in [3.63, 3.8) is 0 Å². The predicted molar refractivity (Wildman–Crippen MR) is 82.7 cm³/mol. The minimum Gasteiger partial charge on any atom is -0.305 e. The quantitative estimate of drug-likeness (QED) is 0.750. The van der Waals surface area contributed by atoms with E-state index in [4.69, 9.17) is 0 Å². The number of hydrogen-bond acceptors (Lipinski definition) is 3. The van der Waals surface area contributed by atoms with Crippen molar-refractivity contribution in [2.24, 2.45) is 0 Å². The molecule has 0 atom stereocenters. The van der Waals surface area contributed by atoms with Gasteiger partial charge in [-0.25, -0.2) is 8.42 Å². The van der Waals surface area contributed by atoms with Crippen LogP contribution >= 0.6 is 31.9 Å². The van der Waals surface area contributed by atoms with Gasteiger partial charge in [-0.1, -0.05) is 15.9 Å². The zero-order chi connectivity index (χ0) is 14.0. The van der Waals surface area contributed by atoms with E-state index in [1.54, 1.807) is 22.5 Å². The summed E-state index contributed by atoms with van der Waals surface area (Å²) in [6.45, 7) is 2.83. The molecule has 0 aromatic heterocycles. The second-order valence-electron chi connectivity index (χ2n) is 4.64. The number of sulfonamides is 1. The van der Waals surface area contributed by atoms with Gasteiger partial charge in [0.05, 0.1) is 4.90 Å². The third-order valence-corrected chi connectivity index (χ3v) is 6.56. The van der Waals surface area contributed by atoms with Crippen LogP contribution < -0.4 is 0 Å². The highest BCUT2D eigenvalue weighted by molar-refractivity contribution is 9.11. The Hall–Kier alpha value is 0.0500. The van der Waals surface area contributed by atoms with Crippen molar-refractivity contribution >= 4 is 41.9 Å². The minimum atomic E-state index is -3.42. The summed E-state index contributed by atoms with van der Waals surface area (Å²) in [6, 6.07) is 5.15. The summed E-state index contributed by atoms with van der Waals surface area (Å²) in [6.07, 6.45) is 0.865. The van der Waals surface area contributed by atoms with Gasteiger partial charge in [-0.15, -0.1) is 0 Å². The Morgan fingerprint density at radius 3 is 2.53 bits per heavy atom. The Bertz CT molecular complexity index is 563.